The molecule has 0 aliphatic carbocycles. The zero-order chi connectivity index (χ0) is 15.4. The molecule has 1 fully saturated rings. The Balaban J connectivity index is 2.03. The van der Waals surface area contributed by atoms with Gasteiger partial charge in [0, 0.05) is 18.6 Å². The number of nitrogens with one attached hydrogen (secondary N) is 1. The van der Waals surface area contributed by atoms with Crippen molar-refractivity contribution in [3.63, 3.8) is 0 Å². The molecule has 0 radical (unpaired) electrons. The molecule has 0 unspecified atom stereocenters. The molecular weight excluding hydrogens is 295 g/mol. The highest BCUT2D eigenvalue weighted by molar-refractivity contribution is 7.99. The Kier molecular flexibility index (Phi) is 5.19. The third-order valence-electron chi connectivity index (χ3n) is 3.28. The number of ether oxygens (including phenoxy) is 1. The average molecular weight is 312 g/mol. The number of nitrogens with zero attached hydrogens (tertiary/aromatic N) is 1. The maximum atomic E-state index is 12.8. The lowest BCUT2D eigenvalue weighted by atomic mass is 10.2. The Hall–Kier alpha value is -1.60. The predicted molar refractivity (Wildman–Crippen MR) is 79.5 cm³/mol. The third kappa shape index (κ3) is 3.74. The Bertz CT molecular complexity index is 523. The summed E-state index contributed by atoms with van der Waals surface area (Å²) in [6.07, 6.45) is -0.579. The molecule has 1 aliphatic heterocycles. The Labute approximate surface area is 126 Å². The average Bonchev–Trinajstić information content (AvgIpc) is 2.97. The molecule has 0 bridgehead atoms. The van der Waals surface area contributed by atoms with Crippen LogP contribution in [0.25, 0.3) is 0 Å². The van der Waals surface area contributed by atoms with Gasteiger partial charge in [0.15, 0.2) is 0 Å². The first-order valence-electron chi connectivity index (χ1n) is 6.50. The van der Waals surface area contributed by atoms with Gasteiger partial charge in [-0.15, -0.1) is 11.8 Å². The lowest BCUT2D eigenvalue weighted by molar-refractivity contribution is -0.144. The first kappa shape index (κ1) is 15.8. The molecule has 0 spiro atoms. The fourth-order valence-electron chi connectivity index (χ4n) is 1.97. The summed E-state index contributed by atoms with van der Waals surface area (Å²) in [6, 6.07) is 4.98. The minimum atomic E-state index is -0.579. The van der Waals surface area contributed by atoms with Crippen molar-refractivity contribution in [2.75, 3.05) is 24.1 Å². The van der Waals surface area contributed by atoms with Crippen molar-refractivity contribution in [1.82, 2.24) is 4.90 Å². The van der Waals surface area contributed by atoms with E-state index < -0.39 is 12.1 Å². The van der Waals surface area contributed by atoms with E-state index >= 15 is 0 Å². The van der Waals surface area contributed by atoms with Crippen LogP contribution in [0.2, 0.25) is 0 Å². The number of hydrogen-bond donors (Lipinski definition) is 1. The lowest BCUT2D eigenvalue weighted by Gasteiger charge is -2.25. The first-order valence-corrected chi connectivity index (χ1v) is 7.66. The number of amides is 2. The zero-order valence-electron chi connectivity index (χ0n) is 11.8. The molecule has 7 heteroatoms. The van der Waals surface area contributed by atoms with Gasteiger partial charge in [-0.25, -0.2) is 4.39 Å². The summed E-state index contributed by atoms with van der Waals surface area (Å²) in [5.74, 6) is 0.156. The van der Waals surface area contributed by atoms with Crippen LogP contribution in [0, 0.1) is 5.82 Å². The number of hydrogen-bond acceptors (Lipinski definition) is 4. The molecule has 0 saturated carbocycles. The molecule has 2 rings (SSSR count). The van der Waals surface area contributed by atoms with Crippen molar-refractivity contribution in [3.8, 4) is 0 Å². The Morgan fingerprint density at radius 2 is 2.10 bits per heavy atom. The van der Waals surface area contributed by atoms with Crippen LogP contribution >= 0.6 is 11.8 Å². The second kappa shape index (κ2) is 6.91. The fraction of sp³-hybridized carbons (Fsp3) is 0.429. The number of thioether (sulfide) groups is 1. The topological polar surface area (TPSA) is 58.6 Å². The number of rotatable bonds is 4. The van der Waals surface area contributed by atoms with E-state index in [1.165, 1.54) is 48.0 Å². The van der Waals surface area contributed by atoms with Gasteiger partial charge in [0.05, 0.1) is 5.88 Å². The lowest BCUT2D eigenvalue weighted by Crippen LogP contribution is -2.48. The summed E-state index contributed by atoms with van der Waals surface area (Å²) in [7, 11) is 1.46. The van der Waals surface area contributed by atoms with E-state index in [9.17, 15) is 14.0 Å². The van der Waals surface area contributed by atoms with Crippen LogP contribution in [-0.4, -0.2) is 47.6 Å². The predicted octanol–water partition coefficient (Wildman–Crippen LogP) is 1.70. The molecule has 114 valence electrons. The van der Waals surface area contributed by atoms with Crippen LogP contribution in [0.5, 0.6) is 0 Å². The second-order valence-electron chi connectivity index (χ2n) is 4.70. The number of methoxy groups -OCH3 is 1. The van der Waals surface area contributed by atoms with Gasteiger partial charge in [-0.3, -0.25) is 9.59 Å². The highest BCUT2D eigenvalue weighted by Crippen LogP contribution is 2.23. The normalized spacial score (nSPS) is 19.4. The highest BCUT2D eigenvalue weighted by Gasteiger charge is 2.36. The molecule has 1 N–H and O–H groups in total. The van der Waals surface area contributed by atoms with Gasteiger partial charge < -0.3 is 15.0 Å². The van der Waals surface area contributed by atoms with Gasteiger partial charge in [-0.2, -0.15) is 0 Å². The summed E-state index contributed by atoms with van der Waals surface area (Å²) in [5, 5.41) is 2.70. The Morgan fingerprint density at radius 1 is 1.43 bits per heavy atom. The second-order valence-corrected chi connectivity index (χ2v) is 5.70. The molecule has 1 aromatic rings. The van der Waals surface area contributed by atoms with Gasteiger partial charge in [0.25, 0.3) is 5.91 Å². The van der Waals surface area contributed by atoms with Crippen LogP contribution in [0.15, 0.2) is 24.3 Å². The SMILES string of the molecule is CO[C@@H](C)C(=O)N1CSC[C@@H]1C(=O)Nc1ccc(F)cc1. The molecular formula is C14H17FN2O3S. The van der Waals surface area contributed by atoms with E-state index in [2.05, 4.69) is 5.32 Å². The van der Waals surface area contributed by atoms with Crippen molar-refractivity contribution in [2.45, 2.75) is 19.1 Å². The van der Waals surface area contributed by atoms with Crippen molar-refractivity contribution in [2.24, 2.45) is 0 Å². The van der Waals surface area contributed by atoms with Gasteiger partial charge in [0.1, 0.15) is 18.0 Å². The smallest absolute Gasteiger partial charge is 0.252 e. The molecule has 1 aliphatic rings. The quantitative estimate of drug-likeness (QED) is 0.919. The number of benzene rings is 1. The largest absolute Gasteiger partial charge is 0.372 e. The molecule has 21 heavy (non-hydrogen) atoms. The molecule has 5 nitrogen and oxygen atoms in total. The van der Waals surface area contributed by atoms with Crippen LogP contribution in [0.3, 0.4) is 0 Å². The minimum absolute atomic E-state index is 0.207. The van der Waals surface area contributed by atoms with Gasteiger partial charge in [-0.05, 0) is 31.2 Å². The van der Waals surface area contributed by atoms with E-state index in [4.69, 9.17) is 4.74 Å². The van der Waals surface area contributed by atoms with Gasteiger partial charge in [0.2, 0.25) is 5.91 Å². The molecule has 0 aromatic heterocycles. The molecule has 1 saturated heterocycles. The van der Waals surface area contributed by atoms with Crippen LogP contribution in [0.1, 0.15) is 6.92 Å². The number of halogens is 1. The monoisotopic (exact) mass is 312 g/mol. The van der Waals surface area contributed by atoms with Gasteiger partial charge >= 0.3 is 0 Å². The van der Waals surface area contributed by atoms with Crippen molar-refractivity contribution in [3.05, 3.63) is 30.1 Å². The van der Waals surface area contributed by atoms with E-state index in [0.717, 1.165) is 0 Å². The third-order valence-corrected chi connectivity index (χ3v) is 4.29. The molecule has 1 aromatic carbocycles. The van der Waals surface area contributed by atoms with E-state index in [0.29, 0.717) is 17.3 Å². The van der Waals surface area contributed by atoms with Crippen LogP contribution in [0.4, 0.5) is 10.1 Å². The van der Waals surface area contributed by atoms with Crippen molar-refractivity contribution < 1.29 is 18.7 Å². The molecule has 1 heterocycles. The number of anilines is 1. The number of carbonyl (C=O) groups excluding carboxylic acids is 2. The maximum absolute atomic E-state index is 12.8. The summed E-state index contributed by atoms with van der Waals surface area (Å²) < 4.78 is 17.8. The van der Waals surface area contributed by atoms with E-state index in [-0.39, 0.29) is 17.6 Å². The standard InChI is InChI=1S/C14H17FN2O3S/c1-9(20-2)14(19)17-8-21-7-12(17)13(18)16-11-5-3-10(15)4-6-11/h3-6,9,12H,7-8H2,1-2H3,(H,16,18)/t9-,12+/m0/s1. The van der Waals surface area contributed by atoms with Crippen LogP contribution < -0.4 is 5.32 Å². The van der Waals surface area contributed by atoms with E-state index in [1.807, 2.05) is 0 Å². The molecule has 2 atom stereocenters. The fourth-order valence-corrected chi connectivity index (χ4v) is 3.13. The Morgan fingerprint density at radius 3 is 2.71 bits per heavy atom. The summed E-state index contributed by atoms with van der Waals surface area (Å²) in [6.45, 7) is 1.65. The highest BCUT2D eigenvalue weighted by atomic mass is 32.2. The van der Waals surface area contributed by atoms with E-state index in [1.54, 1.807) is 6.92 Å². The molecule has 2 amide bonds. The summed E-state index contributed by atoms with van der Waals surface area (Å²) >= 11 is 1.52. The van der Waals surface area contributed by atoms with Gasteiger partial charge in [-0.1, -0.05) is 0 Å². The van der Waals surface area contributed by atoms with Crippen LogP contribution in [-0.2, 0) is 14.3 Å². The van der Waals surface area contributed by atoms with Crippen molar-refractivity contribution in [1.29, 1.82) is 0 Å². The minimum Gasteiger partial charge on any atom is -0.372 e. The number of carbonyl (C=O) groups is 2. The maximum Gasteiger partial charge on any atom is 0.252 e. The van der Waals surface area contributed by atoms with Crippen molar-refractivity contribution >= 4 is 29.3 Å². The zero-order valence-corrected chi connectivity index (χ0v) is 12.7. The summed E-state index contributed by atoms with van der Waals surface area (Å²) in [4.78, 5) is 25.9. The first-order chi connectivity index (χ1) is 10.0. The summed E-state index contributed by atoms with van der Waals surface area (Å²) in [5.41, 5.74) is 0.505.